The molecule has 3 rings (SSSR count). The number of nitriles is 1. The molecule has 0 unspecified atom stereocenters. The number of benzene rings is 1. The number of halogens is 1. The molecule has 1 aliphatic rings. The van der Waals surface area contributed by atoms with Crippen molar-refractivity contribution in [2.75, 3.05) is 23.3 Å². The van der Waals surface area contributed by atoms with Crippen LogP contribution in [0.1, 0.15) is 28.8 Å². The van der Waals surface area contributed by atoms with Crippen LogP contribution in [-0.2, 0) is 0 Å². The van der Waals surface area contributed by atoms with E-state index in [1.807, 2.05) is 12.1 Å². The first-order valence-electron chi connectivity index (χ1n) is 8.17. The van der Waals surface area contributed by atoms with Crippen molar-refractivity contribution in [3.8, 4) is 6.07 Å². The maximum absolute atomic E-state index is 11.2. The number of pyridine rings is 1. The van der Waals surface area contributed by atoms with Gasteiger partial charge in [-0.25, -0.2) is 4.98 Å². The Morgan fingerprint density at radius 2 is 2.12 bits per heavy atom. The predicted octanol–water partition coefficient (Wildman–Crippen LogP) is 2.41. The smallest absolute Gasteiger partial charge is 0.250 e. The second-order valence-corrected chi connectivity index (χ2v) is 6.51. The molecule has 4 N–H and O–H groups in total. The van der Waals surface area contributed by atoms with Crippen LogP contribution in [0.5, 0.6) is 0 Å². The molecular formula is C18H18ClN5O2. The number of hydrogen-bond acceptors (Lipinski definition) is 6. The molecule has 2 heterocycles. The van der Waals surface area contributed by atoms with E-state index in [1.165, 1.54) is 12.3 Å². The van der Waals surface area contributed by atoms with Crippen molar-refractivity contribution < 1.29 is 9.90 Å². The fourth-order valence-corrected chi connectivity index (χ4v) is 3.10. The molecule has 1 saturated heterocycles. The third-order valence-electron chi connectivity index (χ3n) is 4.31. The van der Waals surface area contributed by atoms with E-state index < -0.39 is 5.91 Å². The molecule has 2 aromatic rings. The summed E-state index contributed by atoms with van der Waals surface area (Å²) in [7, 11) is 0. The minimum atomic E-state index is -0.603. The Morgan fingerprint density at radius 1 is 1.38 bits per heavy atom. The van der Waals surface area contributed by atoms with E-state index in [2.05, 4.69) is 21.3 Å². The maximum atomic E-state index is 11.2. The largest absolute Gasteiger partial charge is 0.393 e. The monoisotopic (exact) mass is 371 g/mol. The van der Waals surface area contributed by atoms with Gasteiger partial charge in [0.2, 0.25) is 5.91 Å². The summed E-state index contributed by atoms with van der Waals surface area (Å²) in [4.78, 5) is 17.4. The summed E-state index contributed by atoms with van der Waals surface area (Å²) in [6.45, 7) is 1.43. The molecule has 7 nitrogen and oxygen atoms in total. The Balaban J connectivity index is 1.82. The highest BCUT2D eigenvalue weighted by Crippen LogP contribution is 2.29. The van der Waals surface area contributed by atoms with Gasteiger partial charge in [0, 0.05) is 25.0 Å². The van der Waals surface area contributed by atoms with Gasteiger partial charge in [0.25, 0.3) is 0 Å². The number of aliphatic hydroxyl groups is 1. The maximum Gasteiger partial charge on any atom is 0.250 e. The van der Waals surface area contributed by atoms with E-state index in [-0.39, 0.29) is 16.7 Å². The highest BCUT2D eigenvalue weighted by atomic mass is 35.5. The number of anilines is 3. The average Bonchev–Trinajstić information content (AvgIpc) is 2.64. The van der Waals surface area contributed by atoms with Crippen LogP contribution in [0.3, 0.4) is 0 Å². The molecule has 1 aromatic heterocycles. The van der Waals surface area contributed by atoms with E-state index in [1.54, 1.807) is 6.07 Å². The molecule has 0 spiro atoms. The molecule has 1 amide bonds. The lowest BCUT2D eigenvalue weighted by Crippen LogP contribution is -2.36. The van der Waals surface area contributed by atoms with Gasteiger partial charge in [0.05, 0.1) is 27.9 Å². The third kappa shape index (κ3) is 3.87. The predicted molar refractivity (Wildman–Crippen MR) is 99.7 cm³/mol. The molecule has 1 aliphatic heterocycles. The van der Waals surface area contributed by atoms with Crippen molar-refractivity contribution in [3.05, 3.63) is 46.6 Å². The van der Waals surface area contributed by atoms with Gasteiger partial charge in [-0.2, -0.15) is 5.26 Å². The second-order valence-electron chi connectivity index (χ2n) is 6.11. The Hall–Kier alpha value is -2.82. The van der Waals surface area contributed by atoms with E-state index in [9.17, 15) is 15.2 Å². The van der Waals surface area contributed by atoms with Crippen LogP contribution in [0.2, 0.25) is 5.02 Å². The Labute approximate surface area is 156 Å². The highest BCUT2D eigenvalue weighted by molar-refractivity contribution is 6.33. The number of nitrogens with one attached hydrogen (secondary N) is 1. The van der Waals surface area contributed by atoms with Crippen LogP contribution in [0.25, 0.3) is 0 Å². The van der Waals surface area contributed by atoms with Gasteiger partial charge in [-0.1, -0.05) is 11.6 Å². The molecule has 8 heteroatoms. The van der Waals surface area contributed by atoms with Gasteiger partial charge < -0.3 is 21.1 Å². The van der Waals surface area contributed by atoms with Crippen molar-refractivity contribution in [3.63, 3.8) is 0 Å². The second kappa shape index (κ2) is 7.60. The number of nitrogens with zero attached hydrogens (tertiary/aromatic N) is 3. The molecule has 0 atom stereocenters. The van der Waals surface area contributed by atoms with Crippen molar-refractivity contribution in [1.29, 1.82) is 5.26 Å². The molecule has 0 saturated carbocycles. The normalized spacial score (nSPS) is 14.7. The zero-order valence-corrected chi connectivity index (χ0v) is 14.7. The topological polar surface area (TPSA) is 115 Å². The summed E-state index contributed by atoms with van der Waals surface area (Å²) in [5.41, 5.74) is 7.45. The fraction of sp³-hybridized carbons (Fsp3) is 0.278. The number of nitrogens with two attached hydrogens (primary N) is 1. The summed E-state index contributed by atoms with van der Waals surface area (Å²) in [5.74, 6) is -0.233. The highest BCUT2D eigenvalue weighted by Gasteiger charge is 2.19. The number of hydrogen-bond donors (Lipinski definition) is 3. The lowest BCUT2D eigenvalue weighted by molar-refractivity contribution is 0.1000. The number of primary amides is 1. The van der Waals surface area contributed by atoms with Gasteiger partial charge in [-0.15, -0.1) is 0 Å². The van der Waals surface area contributed by atoms with Gasteiger partial charge in [-0.3, -0.25) is 4.79 Å². The summed E-state index contributed by atoms with van der Waals surface area (Å²) in [5, 5.41) is 22.4. The Bertz CT molecular complexity index is 872. The number of rotatable bonds is 4. The van der Waals surface area contributed by atoms with Crippen LogP contribution in [0.4, 0.5) is 17.2 Å². The van der Waals surface area contributed by atoms with Crippen LogP contribution < -0.4 is 16.0 Å². The summed E-state index contributed by atoms with van der Waals surface area (Å²) in [6.07, 6.45) is 2.46. The number of aliphatic hydroxyl groups excluding tert-OH is 1. The quantitative estimate of drug-likeness (QED) is 0.760. The van der Waals surface area contributed by atoms with Crippen LogP contribution >= 0.6 is 11.6 Å². The van der Waals surface area contributed by atoms with E-state index >= 15 is 0 Å². The van der Waals surface area contributed by atoms with Crippen LogP contribution in [-0.4, -0.2) is 35.2 Å². The van der Waals surface area contributed by atoms with Gasteiger partial charge in [0.1, 0.15) is 11.9 Å². The number of aromatic nitrogens is 1. The third-order valence-corrected chi connectivity index (χ3v) is 4.60. The van der Waals surface area contributed by atoms with E-state index in [4.69, 9.17) is 17.3 Å². The zero-order valence-electron chi connectivity index (χ0n) is 13.9. The van der Waals surface area contributed by atoms with Crippen molar-refractivity contribution >= 4 is 34.7 Å². The number of piperidine rings is 1. The first-order chi connectivity index (χ1) is 12.5. The number of carbonyl (C=O) groups excluding carboxylic acids is 1. The summed E-state index contributed by atoms with van der Waals surface area (Å²) in [6, 6.07) is 9.07. The van der Waals surface area contributed by atoms with E-state index in [0.717, 1.165) is 5.69 Å². The van der Waals surface area contributed by atoms with Gasteiger partial charge >= 0.3 is 0 Å². The van der Waals surface area contributed by atoms with Crippen LogP contribution in [0.15, 0.2) is 30.5 Å². The van der Waals surface area contributed by atoms with Crippen molar-refractivity contribution in [2.45, 2.75) is 18.9 Å². The molecule has 0 aliphatic carbocycles. The molecule has 26 heavy (non-hydrogen) atoms. The van der Waals surface area contributed by atoms with E-state index in [0.29, 0.717) is 43.0 Å². The lowest BCUT2D eigenvalue weighted by atomic mass is 10.0. The Morgan fingerprint density at radius 3 is 2.73 bits per heavy atom. The van der Waals surface area contributed by atoms with Gasteiger partial charge in [-0.05, 0) is 37.1 Å². The summed E-state index contributed by atoms with van der Waals surface area (Å²) >= 11 is 6.13. The molecule has 0 radical (unpaired) electrons. The molecule has 0 bridgehead atoms. The first kappa shape index (κ1) is 18.0. The van der Waals surface area contributed by atoms with Crippen molar-refractivity contribution in [2.24, 2.45) is 5.73 Å². The minimum absolute atomic E-state index is 0.223. The molecule has 1 fully saturated rings. The fourth-order valence-electron chi connectivity index (χ4n) is 2.89. The number of amides is 1. The number of carbonyl (C=O) groups is 1. The Kier molecular flexibility index (Phi) is 5.26. The van der Waals surface area contributed by atoms with Crippen molar-refractivity contribution in [1.82, 2.24) is 4.98 Å². The van der Waals surface area contributed by atoms with Gasteiger partial charge in [0.15, 0.2) is 0 Å². The molecule has 134 valence electrons. The zero-order chi connectivity index (χ0) is 18.7. The standard InChI is InChI=1S/C18H18ClN5O2/c19-15-8-12(17(21)26)10-22-18(15)23-13-1-2-16(11(7-13)9-20)24-5-3-14(25)4-6-24/h1-2,7-8,10,14,25H,3-6H2,(H2,21,26)(H,22,23). The average molecular weight is 372 g/mol. The van der Waals surface area contributed by atoms with Crippen LogP contribution in [0, 0.1) is 11.3 Å². The minimum Gasteiger partial charge on any atom is -0.393 e. The summed E-state index contributed by atoms with van der Waals surface area (Å²) < 4.78 is 0. The molecular weight excluding hydrogens is 354 g/mol. The molecule has 1 aromatic carbocycles. The SMILES string of the molecule is N#Cc1cc(Nc2ncc(C(N)=O)cc2Cl)ccc1N1CCC(O)CC1. The lowest BCUT2D eigenvalue weighted by Gasteiger charge is -2.32. The first-order valence-corrected chi connectivity index (χ1v) is 8.55.